The summed E-state index contributed by atoms with van der Waals surface area (Å²) in [6.45, 7) is -0.207. The number of Topliss-reactive ketones (excluding diaryl/α,β-unsaturated/α-hetero) is 1. The fraction of sp³-hybridized carbons (Fsp3) is 0.320. The van der Waals surface area contributed by atoms with Gasteiger partial charge in [0.1, 0.15) is 35.7 Å². The second-order valence-electron chi connectivity index (χ2n) is 8.74. The summed E-state index contributed by atoms with van der Waals surface area (Å²) in [7, 11) is 0. The van der Waals surface area contributed by atoms with E-state index in [9.17, 15) is 59.1 Å². The zero-order chi connectivity index (χ0) is 32.7. The van der Waals surface area contributed by atoms with Gasteiger partial charge in [0.25, 0.3) is 0 Å². The number of para-hydroxylation sites is 1. The van der Waals surface area contributed by atoms with E-state index in [4.69, 9.17) is 9.84 Å². The Morgan fingerprint density at radius 2 is 1.40 bits per heavy atom. The molecule has 0 saturated carbocycles. The standard InChI is InChI=1S/C25H21F8N3O7/c1-11(34-22(41)23(42)36-20-15(26)3-2-4-16(20)27)21(40)35-17(5-6-19(38)39)18(37)10-43-14-8-12(24(28,29)30)7-13(9-14)25(31,32)33/h2-4,7-9,11,17H,5-6,10H2,1H3,(H,34,41)(H,35,40)(H,36,42)(H,38,39). The lowest BCUT2D eigenvalue weighted by molar-refractivity contribution is -0.143. The van der Waals surface area contributed by atoms with Crippen LogP contribution < -0.4 is 20.7 Å². The lowest BCUT2D eigenvalue weighted by atomic mass is 10.1. The predicted octanol–water partition coefficient (Wildman–Crippen LogP) is 3.44. The number of rotatable bonds is 11. The lowest BCUT2D eigenvalue weighted by Gasteiger charge is -2.21. The first kappa shape index (κ1) is 34.4. The number of carbonyl (C=O) groups excluding carboxylic acids is 4. The Bertz CT molecular complexity index is 1340. The second-order valence-corrected chi connectivity index (χ2v) is 8.74. The molecular formula is C25H21F8N3O7. The first-order chi connectivity index (χ1) is 19.8. The minimum absolute atomic E-state index is 0.173. The molecule has 2 aromatic carbocycles. The highest BCUT2D eigenvalue weighted by atomic mass is 19.4. The maximum absolute atomic E-state index is 13.7. The number of carboxylic acid groups (broad SMARTS) is 1. The number of amides is 3. The molecule has 10 nitrogen and oxygen atoms in total. The van der Waals surface area contributed by atoms with Crippen LogP contribution in [0.25, 0.3) is 0 Å². The van der Waals surface area contributed by atoms with Crippen LogP contribution in [0.3, 0.4) is 0 Å². The minimum Gasteiger partial charge on any atom is -0.486 e. The van der Waals surface area contributed by atoms with Gasteiger partial charge in [-0.3, -0.25) is 24.0 Å². The molecule has 0 fully saturated rings. The minimum atomic E-state index is -5.21. The van der Waals surface area contributed by atoms with Gasteiger partial charge < -0.3 is 25.8 Å². The Balaban J connectivity index is 2.12. The van der Waals surface area contributed by atoms with E-state index in [1.807, 2.05) is 10.6 Å². The number of halogens is 8. The molecular weight excluding hydrogens is 606 g/mol. The highest BCUT2D eigenvalue weighted by Crippen LogP contribution is 2.38. The molecule has 3 amide bonds. The van der Waals surface area contributed by atoms with Crippen LogP contribution in [0.15, 0.2) is 36.4 Å². The molecule has 2 atom stereocenters. The first-order valence-corrected chi connectivity index (χ1v) is 11.8. The Morgan fingerprint density at radius 1 is 0.860 bits per heavy atom. The summed E-state index contributed by atoms with van der Waals surface area (Å²) in [5, 5.41) is 14.5. The molecule has 0 saturated heterocycles. The Hall–Kier alpha value is -4.77. The van der Waals surface area contributed by atoms with Crippen LogP contribution in [0.5, 0.6) is 5.75 Å². The van der Waals surface area contributed by atoms with Gasteiger partial charge >= 0.3 is 30.1 Å². The summed E-state index contributed by atoms with van der Waals surface area (Å²) in [5.74, 6) is -10.4. The molecule has 0 spiro atoms. The lowest BCUT2D eigenvalue weighted by Crippen LogP contribution is -2.52. The summed E-state index contributed by atoms with van der Waals surface area (Å²) in [6.07, 6.45) is -11.8. The van der Waals surface area contributed by atoms with Crippen LogP contribution >= 0.6 is 0 Å². The van der Waals surface area contributed by atoms with Crippen molar-refractivity contribution in [1.82, 2.24) is 10.6 Å². The molecule has 2 rings (SSSR count). The Kier molecular flexibility index (Phi) is 11.2. The average Bonchev–Trinajstić information content (AvgIpc) is 2.90. The van der Waals surface area contributed by atoms with E-state index in [0.717, 1.165) is 25.1 Å². The van der Waals surface area contributed by atoms with Gasteiger partial charge in [0.15, 0.2) is 5.78 Å². The van der Waals surface area contributed by atoms with E-state index in [0.29, 0.717) is 0 Å². The van der Waals surface area contributed by atoms with Gasteiger partial charge in [0.2, 0.25) is 5.91 Å². The van der Waals surface area contributed by atoms with Crippen LogP contribution in [0.1, 0.15) is 30.9 Å². The summed E-state index contributed by atoms with van der Waals surface area (Å²) in [5.41, 5.74) is -4.42. The van der Waals surface area contributed by atoms with Gasteiger partial charge in [-0.2, -0.15) is 26.3 Å². The highest BCUT2D eigenvalue weighted by Gasteiger charge is 2.37. The third kappa shape index (κ3) is 10.2. The number of nitrogens with one attached hydrogen (secondary N) is 3. The number of carbonyl (C=O) groups is 5. The zero-order valence-corrected chi connectivity index (χ0v) is 21.7. The van der Waals surface area contributed by atoms with E-state index < -0.39 is 108 Å². The molecule has 43 heavy (non-hydrogen) atoms. The van der Waals surface area contributed by atoms with Crippen molar-refractivity contribution in [2.45, 2.75) is 44.2 Å². The van der Waals surface area contributed by atoms with E-state index in [-0.39, 0.29) is 18.2 Å². The van der Waals surface area contributed by atoms with E-state index in [2.05, 4.69) is 0 Å². The molecule has 0 aromatic heterocycles. The number of ketones is 1. The van der Waals surface area contributed by atoms with Crippen molar-refractivity contribution in [3.05, 3.63) is 59.2 Å². The number of carboxylic acids is 1. The van der Waals surface area contributed by atoms with E-state index in [1.54, 1.807) is 5.32 Å². The van der Waals surface area contributed by atoms with Crippen molar-refractivity contribution in [2.24, 2.45) is 0 Å². The fourth-order valence-electron chi connectivity index (χ4n) is 3.26. The molecule has 2 aromatic rings. The predicted molar refractivity (Wildman–Crippen MR) is 128 cm³/mol. The molecule has 0 heterocycles. The Labute approximate surface area is 236 Å². The number of ether oxygens (including phenoxy) is 1. The van der Waals surface area contributed by atoms with Crippen LogP contribution in [0, 0.1) is 11.6 Å². The van der Waals surface area contributed by atoms with Gasteiger partial charge in [-0.05, 0) is 43.7 Å². The summed E-state index contributed by atoms with van der Waals surface area (Å²) in [4.78, 5) is 60.3. The Morgan fingerprint density at radius 3 is 1.88 bits per heavy atom. The second kappa shape index (κ2) is 13.9. The third-order valence-electron chi connectivity index (χ3n) is 5.44. The molecule has 0 aliphatic carbocycles. The third-order valence-corrected chi connectivity index (χ3v) is 5.44. The van der Waals surface area contributed by atoms with Crippen molar-refractivity contribution < 1.29 is 68.9 Å². The molecule has 0 aliphatic heterocycles. The number of hydrogen-bond acceptors (Lipinski definition) is 6. The summed E-state index contributed by atoms with van der Waals surface area (Å²) in [6, 6.07) is -0.571. The molecule has 4 N–H and O–H groups in total. The smallest absolute Gasteiger partial charge is 0.416 e. The molecule has 18 heteroatoms. The molecule has 2 unspecified atom stereocenters. The zero-order valence-electron chi connectivity index (χ0n) is 21.7. The topological polar surface area (TPSA) is 151 Å². The number of alkyl halides is 6. The van der Waals surface area contributed by atoms with Crippen molar-refractivity contribution >= 4 is 35.2 Å². The van der Waals surface area contributed by atoms with Crippen LogP contribution in [0.2, 0.25) is 0 Å². The van der Waals surface area contributed by atoms with Crippen molar-refractivity contribution in [3.63, 3.8) is 0 Å². The van der Waals surface area contributed by atoms with Crippen molar-refractivity contribution in [3.8, 4) is 5.75 Å². The maximum atomic E-state index is 13.7. The number of anilines is 1. The van der Waals surface area contributed by atoms with Gasteiger partial charge in [0, 0.05) is 6.42 Å². The molecule has 0 bridgehead atoms. The van der Waals surface area contributed by atoms with Crippen LogP contribution in [0.4, 0.5) is 40.8 Å². The quantitative estimate of drug-likeness (QED) is 0.220. The number of benzene rings is 2. The van der Waals surface area contributed by atoms with Gasteiger partial charge in [-0.1, -0.05) is 6.07 Å². The maximum Gasteiger partial charge on any atom is 0.416 e. The molecule has 234 valence electrons. The normalized spacial score (nSPS) is 13.0. The molecule has 0 aliphatic rings. The SMILES string of the molecule is CC(NC(=O)C(=O)Nc1c(F)cccc1F)C(=O)NC(CCC(=O)O)C(=O)COc1cc(C(F)(F)F)cc(C(F)(F)F)c1. The average molecular weight is 627 g/mol. The van der Waals surface area contributed by atoms with Crippen LogP contribution in [-0.2, 0) is 36.3 Å². The monoisotopic (exact) mass is 627 g/mol. The summed E-state index contributed by atoms with van der Waals surface area (Å²) >= 11 is 0. The number of aliphatic carboxylic acids is 1. The fourth-order valence-corrected chi connectivity index (χ4v) is 3.26. The van der Waals surface area contributed by atoms with Gasteiger partial charge in [-0.25, -0.2) is 8.78 Å². The van der Waals surface area contributed by atoms with Crippen LogP contribution in [-0.4, -0.2) is 53.3 Å². The van der Waals surface area contributed by atoms with Gasteiger partial charge in [0.05, 0.1) is 17.2 Å². The van der Waals surface area contributed by atoms with E-state index >= 15 is 0 Å². The molecule has 0 radical (unpaired) electrons. The number of hydrogen-bond donors (Lipinski definition) is 4. The highest BCUT2D eigenvalue weighted by molar-refractivity contribution is 6.40. The van der Waals surface area contributed by atoms with Crippen molar-refractivity contribution in [2.75, 3.05) is 11.9 Å². The summed E-state index contributed by atoms with van der Waals surface area (Å²) < 4.78 is 111. The largest absolute Gasteiger partial charge is 0.486 e. The van der Waals surface area contributed by atoms with Crippen molar-refractivity contribution in [1.29, 1.82) is 0 Å². The van der Waals surface area contributed by atoms with E-state index in [1.165, 1.54) is 0 Å². The van der Waals surface area contributed by atoms with Gasteiger partial charge in [-0.15, -0.1) is 0 Å². The first-order valence-electron chi connectivity index (χ1n) is 11.8.